The minimum atomic E-state index is -5.24. The van der Waals surface area contributed by atoms with Gasteiger partial charge in [-0.1, -0.05) is 0 Å². The van der Waals surface area contributed by atoms with Gasteiger partial charge in [-0.15, -0.1) is 24.0 Å². The molecule has 1 saturated heterocycles. The van der Waals surface area contributed by atoms with Crippen LogP contribution in [0.25, 0.3) is 0 Å². The molecule has 0 bridgehead atoms. The number of ether oxygens (including phenoxy) is 2. The molecule has 13 heteroatoms. The second kappa shape index (κ2) is 15.4. The number of hydrogen-bond donors (Lipinski definition) is 2. The van der Waals surface area contributed by atoms with Crippen LogP contribution >= 0.6 is 24.0 Å². The number of unbranched alkanes of at least 4 members (excludes halogenated alkanes) is 1. The van der Waals surface area contributed by atoms with Gasteiger partial charge in [-0.05, 0) is 38.5 Å². The number of guanidine groups is 1. The van der Waals surface area contributed by atoms with Crippen LogP contribution in [0.4, 0.5) is 13.2 Å². The number of alkyl halides is 3. The zero-order valence-electron chi connectivity index (χ0n) is 17.5. The first kappa shape index (κ1) is 29.6. The fourth-order valence-electron chi connectivity index (χ4n) is 2.82. The highest BCUT2D eigenvalue weighted by atomic mass is 127. The topological polar surface area (TPSA) is 92.3 Å². The van der Waals surface area contributed by atoms with E-state index < -0.39 is 15.5 Å². The van der Waals surface area contributed by atoms with Crippen molar-refractivity contribution in [3.05, 3.63) is 0 Å². The molecule has 180 valence electrons. The third-order valence-electron chi connectivity index (χ3n) is 4.50. The number of aliphatic imine (C=N–C) groups is 1. The molecule has 0 aromatic heterocycles. The summed E-state index contributed by atoms with van der Waals surface area (Å²) in [6.45, 7) is 5.36. The van der Waals surface area contributed by atoms with E-state index in [0.29, 0.717) is 56.0 Å². The number of nitrogens with zero attached hydrogens (tertiary/aromatic N) is 2. The van der Waals surface area contributed by atoms with Gasteiger partial charge in [-0.2, -0.15) is 17.5 Å². The Hall–Kier alpha value is -0.380. The summed E-state index contributed by atoms with van der Waals surface area (Å²) in [5.41, 5.74) is -5.24. The van der Waals surface area contributed by atoms with Crippen molar-refractivity contribution in [2.45, 2.75) is 38.1 Å². The maximum Gasteiger partial charge on any atom is 0.511 e. The molecule has 1 heterocycles. The lowest BCUT2D eigenvalue weighted by atomic mass is 9.98. The molecule has 0 aromatic rings. The van der Waals surface area contributed by atoms with Gasteiger partial charge in [0.15, 0.2) is 5.96 Å². The van der Waals surface area contributed by atoms with Gasteiger partial charge in [0.25, 0.3) is 0 Å². The molecule has 1 rings (SSSR count). The van der Waals surface area contributed by atoms with Crippen molar-refractivity contribution in [2.75, 3.05) is 59.7 Å². The van der Waals surface area contributed by atoms with E-state index in [0.717, 1.165) is 19.4 Å². The van der Waals surface area contributed by atoms with E-state index in [4.69, 9.17) is 9.47 Å². The van der Waals surface area contributed by atoms with Crippen molar-refractivity contribution in [2.24, 2.45) is 10.9 Å². The highest BCUT2D eigenvalue weighted by Crippen LogP contribution is 2.30. The van der Waals surface area contributed by atoms with Crippen molar-refractivity contribution in [3.8, 4) is 0 Å². The third kappa shape index (κ3) is 10.8. The van der Waals surface area contributed by atoms with Crippen LogP contribution in [0.2, 0.25) is 0 Å². The van der Waals surface area contributed by atoms with Gasteiger partial charge < -0.3 is 20.1 Å². The number of methoxy groups -OCH3 is 1. The van der Waals surface area contributed by atoms with Gasteiger partial charge in [-0.25, -0.2) is 8.42 Å². The Morgan fingerprint density at radius 1 is 1.13 bits per heavy atom. The summed E-state index contributed by atoms with van der Waals surface area (Å²) in [5.74, 6) is 0.706. The predicted molar refractivity (Wildman–Crippen MR) is 121 cm³/mol. The molecule has 0 unspecified atom stereocenters. The fraction of sp³-hybridized carbons (Fsp3) is 0.941. The van der Waals surface area contributed by atoms with E-state index >= 15 is 0 Å². The molecule has 8 nitrogen and oxygen atoms in total. The van der Waals surface area contributed by atoms with Crippen LogP contribution in [-0.2, 0) is 19.5 Å². The average molecular weight is 574 g/mol. The monoisotopic (exact) mass is 574 g/mol. The van der Waals surface area contributed by atoms with Crippen LogP contribution in [0.5, 0.6) is 0 Å². The Labute approximate surface area is 194 Å². The maximum atomic E-state index is 12.6. The van der Waals surface area contributed by atoms with Gasteiger partial charge in [0.2, 0.25) is 0 Å². The molecule has 0 spiro atoms. The lowest BCUT2D eigenvalue weighted by Gasteiger charge is -2.30. The van der Waals surface area contributed by atoms with Gasteiger partial charge >= 0.3 is 15.5 Å². The van der Waals surface area contributed by atoms with E-state index in [1.165, 1.54) is 0 Å². The van der Waals surface area contributed by atoms with Gasteiger partial charge in [-0.3, -0.25) is 4.99 Å². The van der Waals surface area contributed by atoms with Crippen molar-refractivity contribution < 1.29 is 31.1 Å². The first-order chi connectivity index (χ1) is 13.7. The van der Waals surface area contributed by atoms with Crippen LogP contribution in [0.1, 0.15) is 32.6 Å². The maximum absolute atomic E-state index is 12.6. The Bertz CT molecular complexity index is 586. The standard InChI is InChI=1S/C17H33F3N4O4S.HI/c1-3-21-16(22-8-4-5-11-28-13-12-27-2)23-14-15-6-9-24(10-7-15)29(25,26)17(18,19)20;/h15H,3-14H2,1-2H3,(H2,21,22,23);1H. The van der Waals surface area contributed by atoms with Crippen molar-refractivity contribution in [1.29, 1.82) is 0 Å². The quantitative estimate of drug-likeness (QED) is 0.161. The van der Waals surface area contributed by atoms with E-state index in [2.05, 4.69) is 15.6 Å². The van der Waals surface area contributed by atoms with Gasteiger partial charge in [0.05, 0.1) is 13.2 Å². The van der Waals surface area contributed by atoms with Crippen LogP contribution in [0.15, 0.2) is 4.99 Å². The minimum Gasteiger partial charge on any atom is -0.382 e. The van der Waals surface area contributed by atoms with Gasteiger partial charge in [0, 0.05) is 46.4 Å². The Morgan fingerprint density at radius 2 is 1.80 bits per heavy atom. The first-order valence-corrected chi connectivity index (χ1v) is 11.3. The molecule has 2 N–H and O–H groups in total. The molecule has 0 aliphatic carbocycles. The zero-order valence-corrected chi connectivity index (χ0v) is 20.7. The number of halogens is 4. The van der Waals surface area contributed by atoms with E-state index in [1.54, 1.807) is 7.11 Å². The molecule has 0 saturated carbocycles. The molecular formula is C17H34F3IN4O4S. The summed E-state index contributed by atoms with van der Waals surface area (Å²) in [5, 5.41) is 6.35. The van der Waals surface area contributed by atoms with E-state index in [-0.39, 0.29) is 43.0 Å². The van der Waals surface area contributed by atoms with Gasteiger partial charge in [0.1, 0.15) is 0 Å². The summed E-state index contributed by atoms with van der Waals surface area (Å²) >= 11 is 0. The van der Waals surface area contributed by atoms with E-state index in [1.807, 2.05) is 6.92 Å². The Balaban J connectivity index is 0.00000841. The first-order valence-electron chi connectivity index (χ1n) is 9.87. The SMILES string of the molecule is CCNC(=NCC1CCN(S(=O)(=O)C(F)(F)F)CC1)NCCCCOCCOC.I. The average Bonchev–Trinajstić information content (AvgIpc) is 2.67. The highest BCUT2D eigenvalue weighted by Gasteiger charge is 2.50. The molecule has 30 heavy (non-hydrogen) atoms. The predicted octanol–water partition coefficient (Wildman–Crippen LogP) is 2.16. The summed E-state index contributed by atoms with van der Waals surface area (Å²) in [6.07, 6.45) is 2.53. The number of nitrogens with one attached hydrogen (secondary N) is 2. The molecule has 0 amide bonds. The van der Waals surface area contributed by atoms with Crippen LogP contribution in [0.3, 0.4) is 0 Å². The van der Waals surface area contributed by atoms with E-state index in [9.17, 15) is 21.6 Å². The summed E-state index contributed by atoms with van der Waals surface area (Å²) < 4.78 is 71.6. The normalized spacial score (nSPS) is 16.9. The minimum absolute atomic E-state index is 0. The summed E-state index contributed by atoms with van der Waals surface area (Å²) in [7, 11) is -3.60. The second-order valence-corrected chi connectivity index (χ2v) is 8.68. The number of hydrogen-bond acceptors (Lipinski definition) is 5. The Kier molecular flexibility index (Phi) is 15.2. The molecular weight excluding hydrogens is 540 g/mol. The molecule has 1 aliphatic heterocycles. The molecule has 0 aromatic carbocycles. The van der Waals surface area contributed by atoms with Crippen molar-refractivity contribution >= 4 is 40.0 Å². The number of sulfonamides is 1. The zero-order chi connectivity index (χ0) is 21.8. The second-order valence-electron chi connectivity index (χ2n) is 6.75. The van der Waals surface area contributed by atoms with Crippen LogP contribution in [0, 0.1) is 5.92 Å². The summed E-state index contributed by atoms with van der Waals surface area (Å²) in [6, 6.07) is 0. The molecule has 1 fully saturated rings. The van der Waals surface area contributed by atoms with Crippen LogP contribution in [-0.4, -0.2) is 83.8 Å². The Morgan fingerprint density at radius 3 is 2.37 bits per heavy atom. The molecule has 0 radical (unpaired) electrons. The lowest BCUT2D eigenvalue weighted by Crippen LogP contribution is -2.45. The fourth-order valence-corrected chi connectivity index (χ4v) is 3.81. The number of rotatable bonds is 12. The number of piperidine rings is 1. The van der Waals surface area contributed by atoms with Crippen molar-refractivity contribution in [1.82, 2.24) is 14.9 Å². The molecule has 1 aliphatic rings. The summed E-state index contributed by atoms with van der Waals surface area (Å²) in [4.78, 5) is 4.49. The van der Waals surface area contributed by atoms with Crippen molar-refractivity contribution in [3.63, 3.8) is 0 Å². The lowest BCUT2D eigenvalue weighted by molar-refractivity contribution is -0.0496. The highest BCUT2D eigenvalue weighted by molar-refractivity contribution is 14.0. The largest absolute Gasteiger partial charge is 0.511 e. The van der Waals surface area contributed by atoms with Crippen LogP contribution < -0.4 is 10.6 Å². The molecule has 0 atom stereocenters. The third-order valence-corrected chi connectivity index (χ3v) is 6.13. The smallest absolute Gasteiger partial charge is 0.382 e.